The van der Waals surface area contributed by atoms with Gasteiger partial charge in [0.25, 0.3) is 0 Å². The Hall–Kier alpha value is -2.36. The number of hydrogen-bond acceptors (Lipinski definition) is 3. The highest BCUT2D eigenvalue weighted by Gasteiger charge is 2.22. The summed E-state index contributed by atoms with van der Waals surface area (Å²) < 4.78 is 12.9. The molecule has 2 N–H and O–H groups in total. The predicted molar refractivity (Wildman–Crippen MR) is 76.3 cm³/mol. The molecule has 0 fully saturated rings. The highest BCUT2D eigenvalue weighted by molar-refractivity contribution is 6.04. The SMILES string of the molecule is Cc1ccc(O)c(C2=NNC(c3ccc(F)cc3)C2)c1. The lowest BCUT2D eigenvalue weighted by Crippen LogP contribution is -2.09. The van der Waals surface area contributed by atoms with Crippen LogP contribution in [0.4, 0.5) is 4.39 Å². The third-order valence-electron chi connectivity index (χ3n) is 3.49. The van der Waals surface area contributed by atoms with Gasteiger partial charge in [0, 0.05) is 12.0 Å². The van der Waals surface area contributed by atoms with Crippen LogP contribution < -0.4 is 5.43 Å². The maximum absolute atomic E-state index is 12.9. The van der Waals surface area contributed by atoms with E-state index in [4.69, 9.17) is 0 Å². The molecule has 4 heteroatoms. The number of aromatic hydroxyl groups is 1. The first kappa shape index (κ1) is 12.7. The molecule has 2 aromatic carbocycles. The van der Waals surface area contributed by atoms with Gasteiger partial charge in [0.15, 0.2) is 0 Å². The van der Waals surface area contributed by atoms with E-state index in [0.717, 1.165) is 22.4 Å². The van der Waals surface area contributed by atoms with E-state index in [-0.39, 0.29) is 17.6 Å². The lowest BCUT2D eigenvalue weighted by atomic mass is 9.98. The lowest BCUT2D eigenvalue weighted by molar-refractivity contribution is 0.474. The molecule has 3 rings (SSSR count). The molecule has 0 bridgehead atoms. The first-order valence-corrected chi connectivity index (χ1v) is 6.51. The van der Waals surface area contributed by atoms with Crippen molar-refractivity contribution in [2.24, 2.45) is 5.10 Å². The minimum absolute atomic E-state index is 0.0190. The number of hydrogen-bond donors (Lipinski definition) is 2. The van der Waals surface area contributed by atoms with Gasteiger partial charge in [-0.15, -0.1) is 0 Å². The Morgan fingerprint density at radius 1 is 1.20 bits per heavy atom. The minimum Gasteiger partial charge on any atom is -0.507 e. The van der Waals surface area contributed by atoms with Crippen molar-refractivity contribution in [3.05, 3.63) is 65.0 Å². The second-order valence-electron chi connectivity index (χ2n) is 5.02. The van der Waals surface area contributed by atoms with Crippen LogP contribution in [0.5, 0.6) is 5.75 Å². The predicted octanol–water partition coefficient (Wildman–Crippen LogP) is 3.28. The van der Waals surface area contributed by atoms with Gasteiger partial charge in [-0.2, -0.15) is 5.10 Å². The van der Waals surface area contributed by atoms with Crippen molar-refractivity contribution in [1.29, 1.82) is 0 Å². The maximum atomic E-state index is 12.9. The summed E-state index contributed by atoms with van der Waals surface area (Å²) in [6.45, 7) is 1.98. The Kier molecular flexibility index (Phi) is 3.14. The van der Waals surface area contributed by atoms with Gasteiger partial charge in [0.2, 0.25) is 0 Å². The van der Waals surface area contributed by atoms with Crippen LogP contribution in [0.25, 0.3) is 0 Å². The van der Waals surface area contributed by atoms with Gasteiger partial charge in [-0.05, 0) is 36.8 Å². The average Bonchev–Trinajstić information content (AvgIpc) is 2.92. The van der Waals surface area contributed by atoms with Crippen molar-refractivity contribution >= 4 is 5.71 Å². The molecule has 0 saturated heterocycles. The van der Waals surface area contributed by atoms with Crippen molar-refractivity contribution < 1.29 is 9.50 Å². The smallest absolute Gasteiger partial charge is 0.124 e. The van der Waals surface area contributed by atoms with Crippen molar-refractivity contribution in [2.75, 3.05) is 0 Å². The normalized spacial score (nSPS) is 17.7. The Morgan fingerprint density at radius 3 is 2.70 bits per heavy atom. The molecule has 1 unspecified atom stereocenters. The second-order valence-corrected chi connectivity index (χ2v) is 5.02. The Morgan fingerprint density at radius 2 is 1.95 bits per heavy atom. The number of nitrogens with one attached hydrogen (secondary N) is 1. The van der Waals surface area contributed by atoms with Crippen LogP contribution in [-0.2, 0) is 0 Å². The number of aryl methyl sites for hydroxylation is 1. The van der Waals surface area contributed by atoms with E-state index >= 15 is 0 Å². The van der Waals surface area contributed by atoms with Crippen LogP contribution in [0, 0.1) is 12.7 Å². The quantitative estimate of drug-likeness (QED) is 0.879. The largest absolute Gasteiger partial charge is 0.507 e. The molecule has 1 atom stereocenters. The maximum Gasteiger partial charge on any atom is 0.124 e. The summed E-state index contributed by atoms with van der Waals surface area (Å²) >= 11 is 0. The minimum atomic E-state index is -0.246. The molecule has 0 spiro atoms. The average molecular weight is 270 g/mol. The van der Waals surface area contributed by atoms with E-state index in [1.807, 2.05) is 19.1 Å². The zero-order valence-electron chi connectivity index (χ0n) is 11.1. The van der Waals surface area contributed by atoms with Crippen LogP contribution in [0.3, 0.4) is 0 Å². The number of halogens is 1. The van der Waals surface area contributed by atoms with Crippen molar-refractivity contribution in [3.8, 4) is 5.75 Å². The van der Waals surface area contributed by atoms with Gasteiger partial charge in [0.05, 0.1) is 11.8 Å². The Labute approximate surface area is 116 Å². The monoisotopic (exact) mass is 270 g/mol. The molecule has 102 valence electrons. The zero-order valence-corrected chi connectivity index (χ0v) is 11.1. The molecule has 20 heavy (non-hydrogen) atoms. The van der Waals surface area contributed by atoms with E-state index in [0.29, 0.717) is 6.42 Å². The van der Waals surface area contributed by atoms with Gasteiger partial charge in [-0.3, -0.25) is 0 Å². The highest BCUT2D eigenvalue weighted by atomic mass is 19.1. The number of benzene rings is 2. The van der Waals surface area contributed by atoms with Crippen LogP contribution >= 0.6 is 0 Å². The summed E-state index contributed by atoms with van der Waals surface area (Å²) in [5.41, 5.74) is 6.67. The number of rotatable bonds is 2. The van der Waals surface area contributed by atoms with Gasteiger partial charge >= 0.3 is 0 Å². The van der Waals surface area contributed by atoms with Crippen LogP contribution in [0.1, 0.15) is 29.2 Å². The lowest BCUT2D eigenvalue weighted by Gasteiger charge is -2.10. The molecule has 1 heterocycles. The van der Waals surface area contributed by atoms with Gasteiger partial charge in [-0.1, -0.05) is 23.8 Å². The first-order valence-electron chi connectivity index (χ1n) is 6.51. The molecule has 0 aromatic heterocycles. The Balaban J connectivity index is 1.82. The highest BCUT2D eigenvalue weighted by Crippen LogP contribution is 2.28. The van der Waals surface area contributed by atoms with Crippen molar-refractivity contribution in [3.63, 3.8) is 0 Å². The summed E-state index contributed by atoms with van der Waals surface area (Å²) in [6.07, 6.45) is 0.669. The summed E-state index contributed by atoms with van der Waals surface area (Å²) in [4.78, 5) is 0. The van der Waals surface area contributed by atoms with E-state index in [2.05, 4.69) is 10.5 Å². The third kappa shape index (κ3) is 2.37. The summed E-state index contributed by atoms with van der Waals surface area (Å²) in [7, 11) is 0. The molecule has 0 saturated carbocycles. The van der Waals surface area contributed by atoms with Crippen LogP contribution in [-0.4, -0.2) is 10.8 Å². The second kappa shape index (κ2) is 4.96. The van der Waals surface area contributed by atoms with E-state index in [9.17, 15) is 9.50 Å². The molecule has 0 radical (unpaired) electrons. The standard InChI is InChI=1S/C16H15FN2O/c1-10-2-7-16(20)13(8-10)15-9-14(18-19-15)11-3-5-12(17)6-4-11/h2-8,14,18,20H,9H2,1H3. The molecule has 1 aliphatic heterocycles. The molecule has 1 aliphatic rings. The van der Waals surface area contributed by atoms with Gasteiger partial charge in [-0.25, -0.2) is 4.39 Å². The van der Waals surface area contributed by atoms with E-state index in [1.54, 1.807) is 18.2 Å². The summed E-state index contributed by atoms with van der Waals surface area (Å²) in [6, 6.07) is 11.9. The van der Waals surface area contributed by atoms with Crippen LogP contribution in [0.2, 0.25) is 0 Å². The number of phenolic OH excluding ortho intramolecular Hbond substituents is 1. The van der Waals surface area contributed by atoms with Crippen molar-refractivity contribution in [1.82, 2.24) is 5.43 Å². The van der Waals surface area contributed by atoms with Crippen molar-refractivity contribution in [2.45, 2.75) is 19.4 Å². The van der Waals surface area contributed by atoms with Gasteiger partial charge in [0.1, 0.15) is 11.6 Å². The van der Waals surface area contributed by atoms with E-state index < -0.39 is 0 Å². The van der Waals surface area contributed by atoms with E-state index in [1.165, 1.54) is 12.1 Å². The number of hydrazone groups is 1. The fraction of sp³-hybridized carbons (Fsp3) is 0.188. The summed E-state index contributed by atoms with van der Waals surface area (Å²) in [5, 5.41) is 14.2. The molecular weight excluding hydrogens is 255 g/mol. The molecule has 3 nitrogen and oxygen atoms in total. The zero-order chi connectivity index (χ0) is 14.1. The molecule has 0 amide bonds. The van der Waals surface area contributed by atoms with Crippen LogP contribution in [0.15, 0.2) is 47.6 Å². The van der Waals surface area contributed by atoms with Gasteiger partial charge < -0.3 is 10.5 Å². The molecular formula is C16H15FN2O. The third-order valence-corrected chi connectivity index (χ3v) is 3.49. The first-order chi connectivity index (χ1) is 9.63. The fourth-order valence-corrected chi connectivity index (χ4v) is 2.38. The Bertz CT molecular complexity index is 665. The number of nitrogens with zero attached hydrogens (tertiary/aromatic N) is 1. The topological polar surface area (TPSA) is 44.6 Å². The fourth-order valence-electron chi connectivity index (χ4n) is 2.38. The summed E-state index contributed by atoms with van der Waals surface area (Å²) in [5.74, 6) is -0.0138. The number of phenols is 1. The molecule has 0 aliphatic carbocycles. The molecule has 2 aromatic rings.